The highest BCUT2D eigenvalue weighted by Gasteiger charge is 2.06. The Kier molecular flexibility index (Phi) is 5.96. The number of nitrogens with one attached hydrogen (secondary N) is 3. The minimum Gasteiger partial charge on any atom is -0.497 e. The van der Waals surface area contributed by atoms with Crippen LogP contribution in [0.15, 0.2) is 61.2 Å². The predicted octanol–water partition coefficient (Wildman–Crippen LogP) is 3.26. The Bertz CT molecular complexity index is 709. The second-order valence-electron chi connectivity index (χ2n) is 4.88. The van der Waals surface area contributed by atoms with Crippen molar-refractivity contribution in [3.05, 3.63) is 66.7 Å². The number of rotatable bonds is 6. The van der Waals surface area contributed by atoms with E-state index in [1.54, 1.807) is 61.7 Å². The fourth-order valence-electron chi connectivity index (χ4n) is 1.92. The fraction of sp³-hybridized carbons (Fsp3) is 0.111. The van der Waals surface area contributed by atoms with Gasteiger partial charge in [0, 0.05) is 23.5 Å². The van der Waals surface area contributed by atoms with Crippen LogP contribution in [0.4, 0.5) is 16.2 Å². The van der Waals surface area contributed by atoms with Crippen LogP contribution in [0.2, 0.25) is 0 Å². The summed E-state index contributed by atoms with van der Waals surface area (Å²) in [4.78, 5) is 23.7. The van der Waals surface area contributed by atoms with Gasteiger partial charge in [-0.2, -0.15) is 0 Å². The molecule has 0 fully saturated rings. The second kappa shape index (κ2) is 8.38. The summed E-state index contributed by atoms with van der Waals surface area (Å²) in [5.41, 5.74) is 1.79. The summed E-state index contributed by atoms with van der Waals surface area (Å²) >= 11 is 0. The molecule has 124 valence electrons. The summed E-state index contributed by atoms with van der Waals surface area (Å²) in [6, 6.07) is 13.4. The Morgan fingerprint density at radius 1 is 1.00 bits per heavy atom. The number of methoxy groups -OCH3 is 1. The Morgan fingerprint density at radius 2 is 1.58 bits per heavy atom. The van der Waals surface area contributed by atoms with E-state index in [9.17, 15) is 9.59 Å². The molecule has 6 heteroatoms. The van der Waals surface area contributed by atoms with Crippen molar-refractivity contribution in [1.29, 1.82) is 0 Å². The van der Waals surface area contributed by atoms with E-state index in [2.05, 4.69) is 22.5 Å². The Labute approximate surface area is 140 Å². The molecule has 0 saturated carbocycles. The third-order valence-electron chi connectivity index (χ3n) is 3.16. The maximum Gasteiger partial charge on any atom is 0.319 e. The molecule has 0 spiro atoms. The molecule has 0 aliphatic carbocycles. The first kappa shape index (κ1) is 17.1. The summed E-state index contributed by atoms with van der Waals surface area (Å²) in [5, 5.41) is 8.08. The van der Waals surface area contributed by atoms with Crippen molar-refractivity contribution in [2.45, 2.75) is 0 Å². The number of amides is 3. The van der Waals surface area contributed by atoms with E-state index in [0.717, 1.165) is 0 Å². The molecule has 3 amide bonds. The second-order valence-corrected chi connectivity index (χ2v) is 4.88. The van der Waals surface area contributed by atoms with Gasteiger partial charge in [-0.15, -0.1) is 6.58 Å². The van der Waals surface area contributed by atoms with E-state index in [4.69, 9.17) is 4.74 Å². The smallest absolute Gasteiger partial charge is 0.319 e. The molecular weight excluding hydrogens is 306 g/mol. The van der Waals surface area contributed by atoms with E-state index < -0.39 is 0 Å². The van der Waals surface area contributed by atoms with Gasteiger partial charge in [0.05, 0.1) is 7.11 Å². The first-order valence-corrected chi connectivity index (χ1v) is 7.33. The molecule has 0 saturated heterocycles. The fourth-order valence-corrected chi connectivity index (χ4v) is 1.92. The molecule has 0 aliphatic heterocycles. The summed E-state index contributed by atoms with van der Waals surface area (Å²) < 4.78 is 5.06. The van der Waals surface area contributed by atoms with Crippen molar-refractivity contribution < 1.29 is 14.3 Å². The number of hydrogen-bond donors (Lipinski definition) is 3. The topological polar surface area (TPSA) is 79.5 Å². The van der Waals surface area contributed by atoms with E-state index in [0.29, 0.717) is 29.2 Å². The Balaban J connectivity index is 1.94. The van der Waals surface area contributed by atoms with Gasteiger partial charge in [-0.05, 0) is 48.5 Å². The van der Waals surface area contributed by atoms with Gasteiger partial charge >= 0.3 is 6.03 Å². The monoisotopic (exact) mass is 325 g/mol. The van der Waals surface area contributed by atoms with Crippen molar-refractivity contribution in [2.75, 3.05) is 24.3 Å². The zero-order valence-electron chi connectivity index (χ0n) is 13.3. The molecule has 6 nitrogen and oxygen atoms in total. The van der Waals surface area contributed by atoms with Gasteiger partial charge in [0.25, 0.3) is 5.91 Å². The summed E-state index contributed by atoms with van der Waals surface area (Å²) in [7, 11) is 1.57. The minimum atomic E-state index is -0.315. The van der Waals surface area contributed by atoms with E-state index in [1.807, 2.05) is 0 Å². The molecule has 0 heterocycles. The number of anilines is 2. The molecule has 2 aromatic carbocycles. The summed E-state index contributed by atoms with van der Waals surface area (Å²) in [6.45, 7) is 3.91. The predicted molar refractivity (Wildman–Crippen MR) is 94.6 cm³/mol. The van der Waals surface area contributed by atoms with E-state index >= 15 is 0 Å². The van der Waals surface area contributed by atoms with Crippen LogP contribution in [-0.2, 0) is 0 Å². The first-order chi connectivity index (χ1) is 11.6. The number of hydrogen-bond acceptors (Lipinski definition) is 3. The lowest BCUT2D eigenvalue weighted by atomic mass is 10.2. The Hall–Kier alpha value is -3.28. The van der Waals surface area contributed by atoms with Crippen molar-refractivity contribution in [3.8, 4) is 5.75 Å². The third-order valence-corrected chi connectivity index (χ3v) is 3.16. The normalized spacial score (nSPS) is 9.71. The lowest BCUT2D eigenvalue weighted by Crippen LogP contribution is -2.28. The molecule has 0 unspecified atom stereocenters. The minimum absolute atomic E-state index is 0.220. The van der Waals surface area contributed by atoms with Crippen molar-refractivity contribution in [2.24, 2.45) is 0 Å². The molecule has 0 atom stereocenters. The zero-order valence-corrected chi connectivity index (χ0v) is 13.3. The highest BCUT2D eigenvalue weighted by Crippen LogP contribution is 2.16. The highest BCUT2D eigenvalue weighted by atomic mass is 16.5. The molecule has 0 aromatic heterocycles. The van der Waals surface area contributed by atoms with Crippen LogP contribution >= 0.6 is 0 Å². The molecule has 3 N–H and O–H groups in total. The van der Waals surface area contributed by atoms with Gasteiger partial charge in [0.1, 0.15) is 5.75 Å². The van der Waals surface area contributed by atoms with Gasteiger partial charge in [0.15, 0.2) is 0 Å². The quantitative estimate of drug-likeness (QED) is 0.713. The van der Waals surface area contributed by atoms with Gasteiger partial charge < -0.3 is 20.7 Å². The van der Waals surface area contributed by atoms with E-state index in [1.165, 1.54) is 0 Å². The number of carbonyl (C=O) groups excluding carboxylic acids is 2. The zero-order chi connectivity index (χ0) is 17.4. The van der Waals surface area contributed by atoms with Gasteiger partial charge in [-0.25, -0.2) is 4.79 Å². The number of benzene rings is 2. The molecule has 2 rings (SSSR count). The lowest BCUT2D eigenvalue weighted by molar-refractivity contribution is 0.102. The number of urea groups is 1. The van der Waals surface area contributed by atoms with Crippen molar-refractivity contribution in [3.63, 3.8) is 0 Å². The van der Waals surface area contributed by atoms with Crippen LogP contribution in [0.3, 0.4) is 0 Å². The van der Waals surface area contributed by atoms with Crippen molar-refractivity contribution in [1.82, 2.24) is 5.32 Å². The van der Waals surface area contributed by atoms with Crippen LogP contribution in [0.5, 0.6) is 5.75 Å². The van der Waals surface area contributed by atoms with Gasteiger partial charge in [-0.1, -0.05) is 6.08 Å². The molecule has 24 heavy (non-hydrogen) atoms. The Morgan fingerprint density at radius 3 is 2.12 bits per heavy atom. The molecule has 2 aromatic rings. The van der Waals surface area contributed by atoms with Crippen LogP contribution < -0.4 is 20.7 Å². The van der Waals surface area contributed by atoms with E-state index in [-0.39, 0.29) is 11.9 Å². The summed E-state index contributed by atoms with van der Waals surface area (Å²) in [5.74, 6) is 0.471. The average molecular weight is 325 g/mol. The van der Waals surface area contributed by atoms with Crippen LogP contribution in [0.1, 0.15) is 10.4 Å². The van der Waals surface area contributed by atoms with Gasteiger partial charge in [-0.3, -0.25) is 4.79 Å². The molecular formula is C18H19N3O3. The molecule has 0 radical (unpaired) electrons. The number of carbonyl (C=O) groups is 2. The van der Waals surface area contributed by atoms with Crippen molar-refractivity contribution >= 4 is 23.3 Å². The third kappa shape index (κ3) is 4.88. The average Bonchev–Trinajstić information content (AvgIpc) is 2.61. The summed E-state index contributed by atoms with van der Waals surface area (Å²) in [6.07, 6.45) is 1.59. The maximum absolute atomic E-state index is 12.2. The van der Waals surface area contributed by atoms with Crippen LogP contribution in [0.25, 0.3) is 0 Å². The molecule has 0 bridgehead atoms. The van der Waals surface area contributed by atoms with Crippen LogP contribution in [0, 0.1) is 0 Å². The SMILES string of the molecule is C=CCNC(=O)Nc1ccc(NC(=O)c2ccc(OC)cc2)cc1. The van der Waals surface area contributed by atoms with Crippen LogP contribution in [-0.4, -0.2) is 25.6 Å². The highest BCUT2D eigenvalue weighted by molar-refractivity contribution is 6.04. The number of ether oxygens (including phenoxy) is 1. The van der Waals surface area contributed by atoms with Gasteiger partial charge in [0.2, 0.25) is 0 Å². The maximum atomic E-state index is 12.2. The largest absolute Gasteiger partial charge is 0.497 e. The molecule has 0 aliphatic rings. The first-order valence-electron chi connectivity index (χ1n) is 7.33. The lowest BCUT2D eigenvalue weighted by Gasteiger charge is -2.09. The standard InChI is InChI=1S/C18H19N3O3/c1-3-12-19-18(23)21-15-8-6-14(7-9-15)20-17(22)13-4-10-16(24-2)11-5-13/h3-11H,1,12H2,2H3,(H,20,22)(H2,19,21,23).